The van der Waals surface area contributed by atoms with Crippen LogP contribution in [0.3, 0.4) is 0 Å². The summed E-state index contributed by atoms with van der Waals surface area (Å²) in [6, 6.07) is 0.983. The molecule has 21 heavy (non-hydrogen) atoms. The van der Waals surface area contributed by atoms with E-state index in [1.807, 2.05) is 18.9 Å². The summed E-state index contributed by atoms with van der Waals surface area (Å²) in [4.78, 5) is 14.6. The monoisotopic (exact) mass is 308 g/mol. The Labute approximate surface area is 130 Å². The van der Waals surface area contributed by atoms with Crippen molar-refractivity contribution in [3.05, 3.63) is 6.33 Å². The maximum Gasteiger partial charge on any atom is 0.235 e. The van der Waals surface area contributed by atoms with Crippen LogP contribution in [0.2, 0.25) is 0 Å². The molecule has 0 radical (unpaired) electrons. The van der Waals surface area contributed by atoms with E-state index >= 15 is 0 Å². The summed E-state index contributed by atoms with van der Waals surface area (Å²) in [6.07, 6.45) is 10.3. The SMILES string of the molecule is CC(Sc1nncn1C1CC1)C(=O)N(C)C1CCCCC1. The molecule has 2 fully saturated rings. The molecule has 0 bridgehead atoms. The van der Waals surface area contributed by atoms with Crippen LogP contribution in [0.1, 0.15) is 57.9 Å². The van der Waals surface area contributed by atoms with Crippen LogP contribution in [0, 0.1) is 0 Å². The summed E-state index contributed by atoms with van der Waals surface area (Å²) in [5.74, 6) is 0.220. The Hall–Kier alpha value is -1.04. The molecular formula is C15H24N4OS. The van der Waals surface area contributed by atoms with E-state index in [4.69, 9.17) is 0 Å². The molecule has 0 N–H and O–H groups in total. The summed E-state index contributed by atoms with van der Waals surface area (Å²) in [7, 11) is 1.96. The summed E-state index contributed by atoms with van der Waals surface area (Å²) in [5.41, 5.74) is 0. The standard InChI is InChI=1S/C15H24N4OS/c1-11(14(20)18(2)12-6-4-3-5-7-12)21-15-17-16-10-19(15)13-8-9-13/h10-13H,3-9H2,1-2H3. The summed E-state index contributed by atoms with van der Waals surface area (Å²) >= 11 is 1.54. The van der Waals surface area contributed by atoms with Crippen molar-refractivity contribution >= 4 is 17.7 Å². The van der Waals surface area contributed by atoms with Crippen molar-refractivity contribution in [2.75, 3.05) is 7.05 Å². The second-order valence-corrected chi connectivity index (χ2v) is 7.56. The van der Waals surface area contributed by atoms with Crippen LogP contribution >= 0.6 is 11.8 Å². The van der Waals surface area contributed by atoms with Crippen LogP contribution in [0.15, 0.2) is 11.5 Å². The zero-order valence-electron chi connectivity index (χ0n) is 12.9. The van der Waals surface area contributed by atoms with Gasteiger partial charge in [0, 0.05) is 19.1 Å². The van der Waals surface area contributed by atoms with Crippen LogP contribution < -0.4 is 0 Å². The van der Waals surface area contributed by atoms with Gasteiger partial charge in [0.1, 0.15) is 6.33 Å². The maximum absolute atomic E-state index is 12.6. The average Bonchev–Trinajstić information content (AvgIpc) is 3.26. The Morgan fingerprint density at radius 3 is 2.71 bits per heavy atom. The van der Waals surface area contributed by atoms with Gasteiger partial charge in [-0.15, -0.1) is 10.2 Å². The molecule has 5 nitrogen and oxygen atoms in total. The minimum atomic E-state index is -0.0985. The Balaban J connectivity index is 1.59. The van der Waals surface area contributed by atoms with Crippen LogP contribution in [0.25, 0.3) is 0 Å². The molecule has 0 aliphatic heterocycles. The van der Waals surface area contributed by atoms with Crippen molar-refractivity contribution in [1.82, 2.24) is 19.7 Å². The lowest BCUT2D eigenvalue weighted by Crippen LogP contribution is -2.42. The van der Waals surface area contributed by atoms with E-state index in [0.29, 0.717) is 12.1 Å². The summed E-state index contributed by atoms with van der Waals surface area (Å²) in [6.45, 7) is 1.98. The maximum atomic E-state index is 12.6. The number of rotatable bonds is 5. The highest BCUT2D eigenvalue weighted by atomic mass is 32.2. The van der Waals surface area contributed by atoms with Gasteiger partial charge in [0.05, 0.1) is 5.25 Å². The normalized spacial score (nSPS) is 21.2. The largest absolute Gasteiger partial charge is 0.342 e. The van der Waals surface area contributed by atoms with Crippen molar-refractivity contribution in [2.24, 2.45) is 0 Å². The number of aromatic nitrogens is 3. The molecule has 1 aromatic heterocycles. The number of amides is 1. The van der Waals surface area contributed by atoms with Crippen molar-refractivity contribution in [3.8, 4) is 0 Å². The van der Waals surface area contributed by atoms with Gasteiger partial charge in [-0.1, -0.05) is 31.0 Å². The fraction of sp³-hybridized carbons (Fsp3) is 0.800. The van der Waals surface area contributed by atoms with Gasteiger partial charge in [-0.05, 0) is 32.6 Å². The number of nitrogens with zero attached hydrogens (tertiary/aromatic N) is 4. The first kappa shape index (κ1) is 14.9. The molecule has 1 unspecified atom stereocenters. The van der Waals surface area contributed by atoms with Gasteiger partial charge in [0.15, 0.2) is 5.16 Å². The molecule has 0 saturated heterocycles. The third-order valence-corrected chi connectivity index (χ3v) is 5.64. The zero-order valence-corrected chi connectivity index (χ0v) is 13.7. The molecule has 1 atom stereocenters. The van der Waals surface area contributed by atoms with Gasteiger partial charge in [0.2, 0.25) is 5.91 Å². The molecule has 0 aromatic carbocycles. The number of carbonyl (C=O) groups is 1. The number of carbonyl (C=O) groups excluding carboxylic acids is 1. The molecular weight excluding hydrogens is 284 g/mol. The van der Waals surface area contributed by atoms with E-state index in [9.17, 15) is 4.79 Å². The predicted molar refractivity (Wildman–Crippen MR) is 83.3 cm³/mol. The zero-order chi connectivity index (χ0) is 14.8. The Morgan fingerprint density at radius 2 is 2.05 bits per heavy atom. The fourth-order valence-electron chi connectivity index (χ4n) is 3.06. The predicted octanol–water partition coefficient (Wildman–Crippen LogP) is 2.88. The van der Waals surface area contributed by atoms with Crippen LogP contribution in [-0.4, -0.2) is 43.9 Å². The van der Waals surface area contributed by atoms with Crippen LogP contribution in [0.5, 0.6) is 0 Å². The first-order valence-electron chi connectivity index (χ1n) is 7.99. The second-order valence-electron chi connectivity index (χ2n) is 6.25. The van der Waals surface area contributed by atoms with Gasteiger partial charge in [-0.3, -0.25) is 4.79 Å². The minimum Gasteiger partial charge on any atom is -0.342 e. The number of hydrogen-bond donors (Lipinski definition) is 0. The van der Waals surface area contributed by atoms with Crippen molar-refractivity contribution in [3.63, 3.8) is 0 Å². The lowest BCUT2D eigenvalue weighted by Gasteiger charge is -2.32. The highest BCUT2D eigenvalue weighted by Crippen LogP contribution is 2.38. The summed E-state index contributed by atoms with van der Waals surface area (Å²) < 4.78 is 2.12. The van der Waals surface area contributed by atoms with Gasteiger partial charge >= 0.3 is 0 Å². The topological polar surface area (TPSA) is 51.0 Å². The summed E-state index contributed by atoms with van der Waals surface area (Å²) in [5, 5.41) is 8.96. The molecule has 1 aromatic rings. The van der Waals surface area contributed by atoms with Gasteiger partial charge in [-0.2, -0.15) is 0 Å². The smallest absolute Gasteiger partial charge is 0.235 e. The third kappa shape index (κ3) is 3.42. The highest BCUT2D eigenvalue weighted by molar-refractivity contribution is 8.00. The molecule has 0 spiro atoms. The number of hydrogen-bond acceptors (Lipinski definition) is 4. The van der Waals surface area contributed by atoms with E-state index in [1.165, 1.54) is 32.1 Å². The first-order valence-corrected chi connectivity index (χ1v) is 8.87. The van der Waals surface area contributed by atoms with Crippen molar-refractivity contribution < 1.29 is 4.79 Å². The Morgan fingerprint density at radius 1 is 1.33 bits per heavy atom. The van der Waals surface area contributed by atoms with Gasteiger partial charge < -0.3 is 9.47 Å². The molecule has 116 valence electrons. The molecule has 1 amide bonds. The molecule has 2 saturated carbocycles. The lowest BCUT2D eigenvalue weighted by atomic mass is 9.94. The molecule has 3 rings (SSSR count). The average molecular weight is 308 g/mol. The van der Waals surface area contributed by atoms with Crippen molar-refractivity contribution in [2.45, 2.75) is 74.4 Å². The lowest BCUT2D eigenvalue weighted by molar-refractivity contribution is -0.131. The van der Waals surface area contributed by atoms with E-state index in [2.05, 4.69) is 14.8 Å². The minimum absolute atomic E-state index is 0.0985. The van der Waals surface area contributed by atoms with Crippen LogP contribution in [0.4, 0.5) is 0 Å². The first-order chi connectivity index (χ1) is 10.2. The van der Waals surface area contributed by atoms with E-state index in [0.717, 1.165) is 18.0 Å². The van der Waals surface area contributed by atoms with E-state index in [1.54, 1.807) is 18.1 Å². The highest BCUT2D eigenvalue weighted by Gasteiger charge is 2.30. The Bertz CT molecular complexity index is 494. The third-order valence-electron chi connectivity index (χ3n) is 4.58. The quantitative estimate of drug-likeness (QED) is 0.785. The van der Waals surface area contributed by atoms with Crippen molar-refractivity contribution in [1.29, 1.82) is 0 Å². The van der Waals surface area contributed by atoms with Gasteiger partial charge in [0.25, 0.3) is 0 Å². The molecule has 2 aliphatic rings. The number of thioether (sulfide) groups is 1. The van der Waals surface area contributed by atoms with Gasteiger partial charge in [-0.25, -0.2) is 0 Å². The van der Waals surface area contributed by atoms with E-state index < -0.39 is 0 Å². The molecule has 2 aliphatic carbocycles. The van der Waals surface area contributed by atoms with Crippen LogP contribution in [-0.2, 0) is 4.79 Å². The fourth-order valence-corrected chi connectivity index (χ4v) is 4.06. The molecule has 6 heteroatoms. The Kier molecular flexibility index (Phi) is 4.52. The molecule has 1 heterocycles. The second kappa shape index (κ2) is 6.38. The van der Waals surface area contributed by atoms with E-state index in [-0.39, 0.29) is 11.2 Å².